The van der Waals surface area contributed by atoms with Gasteiger partial charge in [-0.05, 0) is 48.1 Å². The standard InChI is InChI=1S/C28H27N5O2/c1-17(2)18-3-5-19(6-4-18)23-8-7-21-15-22(16-31-28(21)35-23)24-25(20-9-11-29-12-10-20)32-33-14-13-30-27(34)26(24)33/h3-6,9-12,15-17,23H,7-8,13-14H2,1-2H3,(H,30,34). The zero-order chi connectivity index (χ0) is 23.9. The van der Waals surface area contributed by atoms with Crippen molar-refractivity contribution < 1.29 is 9.53 Å². The number of hydrogen-bond donors (Lipinski definition) is 1. The number of benzene rings is 1. The minimum atomic E-state index is -0.113. The van der Waals surface area contributed by atoms with Crippen molar-refractivity contribution in [2.24, 2.45) is 0 Å². The Morgan fingerprint density at radius 3 is 2.66 bits per heavy atom. The lowest BCUT2D eigenvalue weighted by Crippen LogP contribution is -2.35. The van der Waals surface area contributed by atoms with Gasteiger partial charge in [0.25, 0.3) is 5.91 Å². The molecule has 0 fully saturated rings. The summed E-state index contributed by atoms with van der Waals surface area (Å²) in [4.78, 5) is 21.7. The van der Waals surface area contributed by atoms with Gasteiger partial charge in [-0.25, -0.2) is 4.98 Å². The highest BCUT2D eigenvalue weighted by atomic mass is 16.5. The van der Waals surface area contributed by atoms with Gasteiger partial charge in [-0.15, -0.1) is 0 Å². The third kappa shape index (κ3) is 3.87. The van der Waals surface area contributed by atoms with E-state index < -0.39 is 0 Å². The number of aryl methyl sites for hydroxylation is 1. The van der Waals surface area contributed by atoms with Crippen LogP contribution in [-0.2, 0) is 13.0 Å². The summed E-state index contributed by atoms with van der Waals surface area (Å²) < 4.78 is 8.12. The molecule has 4 aromatic rings. The van der Waals surface area contributed by atoms with Crippen molar-refractivity contribution >= 4 is 5.91 Å². The molecule has 1 unspecified atom stereocenters. The van der Waals surface area contributed by atoms with E-state index >= 15 is 0 Å². The van der Waals surface area contributed by atoms with Crippen LogP contribution in [-0.4, -0.2) is 32.2 Å². The molecule has 1 atom stereocenters. The zero-order valence-electron chi connectivity index (χ0n) is 19.9. The van der Waals surface area contributed by atoms with Crippen molar-refractivity contribution in [3.8, 4) is 28.3 Å². The third-order valence-electron chi connectivity index (χ3n) is 6.85. The molecule has 176 valence electrons. The largest absolute Gasteiger partial charge is 0.469 e. The number of carbonyl (C=O) groups is 1. The fourth-order valence-corrected chi connectivity index (χ4v) is 4.93. The lowest BCUT2D eigenvalue weighted by molar-refractivity contribution is 0.0925. The Hall–Kier alpha value is -4.00. The van der Waals surface area contributed by atoms with Gasteiger partial charge in [-0.2, -0.15) is 5.10 Å². The number of rotatable bonds is 4. The third-order valence-corrected chi connectivity index (χ3v) is 6.85. The molecule has 35 heavy (non-hydrogen) atoms. The van der Waals surface area contributed by atoms with Gasteiger partial charge in [0.05, 0.1) is 6.54 Å². The second-order valence-corrected chi connectivity index (χ2v) is 9.44. The van der Waals surface area contributed by atoms with Crippen LogP contribution in [0.15, 0.2) is 61.1 Å². The van der Waals surface area contributed by atoms with E-state index in [1.807, 2.05) is 12.1 Å². The van der Waals surface area contributed by atoms with Gasteiger partial charge in [-0.1, -0.05) is 38.1 Å². The fourth-order valence-electron chi connectivity index (χ4n) is 4.93. The van der Waals surface area contributed by atoms with E-state index in [0.29, 0.717) is 30.6 Å². The van der Waals surface area contributed by atoms with Crippen LogP contribution in [0.25, 0.3) is 22.4 Å². The number of hydrogen-bond acceptors (Lipinski definition) is 5. The second-order valence-electron chi connectivity index (χ2n) is 9.44. The number of fused-ring (bicyclic) bond motifs is 2. The van der Waals surface area contributed by atoms with Crippen LogP contribution in [0, 0.1) is 0 Å². The lowest BCUT2D eigenvalue weighted by atomic mass is 9.94. The Bertz CT molecular complexity index is 1390. The van der Waals surface area contributed by atoms with E-state index in [4.69, 9.17) is 14.8 Å². The van der Waals surface area contributed by atoms with E-state index in [1.165, 1.54) is 11.1 Å². The van der Waals surface area contributed by atoms with E-state index in [0.717, 1.165) is 40.8 Å². The first-order valence-corrected chi connectivity index (χ1v) is 12.1. The summed E-state index contributed by atoms with van der Waals surface area (Å²) in [5.41, 5.74) is 7.48. The summed E-state index contributed by atoms with van der Waals surface area (Å²) in [7, 11) is 0. The monoisotopic (exact) mass is 465 g/mol. The summed E-state index contributed by atoms with van der Waals surface area (Å²) in [5, 5.41) is 7.75. The summed E-state index contributed by atoms with van der Waals surface area (Å²) in [6.45, 7) is 5.60. The van der Waals surface area contributed by atoms with Crippen LogP contribution in [0.3, 0.4) is 0 Å². The van der Waals surface area contributed by atoms with Crippen molar-refractivity contribution in [2.45, 2.75) is 45.3 Å². The van der Waals surface area contributed by atoms with E-state index in [1.54, 1.807) is 23.3 Å². The predicted octanol–water partition coefficient (Wildman–Crippen LogP) is 4.94. The molecule has 2 aliphatic heterocycles. The molecule has 0 saturated carbocycles. The van der Waals surface area contributed by atoms with E-state index in [2.05, 4.69) is 54.5 Å². The molecule has 1 aromatic carbocycles. The first kappa shape index (κ1) is 21.5. The minimum Gasteiger partial charge on any atom is -0.469 e. The van der Waals surface area contributed by atoms with Gasteiger partial charge in [0.1, 0.15) is 17.5 Å². The van der Waals surface area contributed by atoms with Crippen molar-refractivity contribution in [2.75, 3.05) is 6.54 Å². The van der Waals surface area contributed by atoms with Crippen molar-refractivity contribution in [3.05, 3.63) is 83.4 Å². The lowest BCUT2D eigenvalue weighted by Gasteiger charge is -2.26. The highest BCUT2D eigenvalue weighted by molar-refractivity contribution is 6.03. The SMILES string of the molecule is CC(C)c1ccc(C2CCc3cc(-c4c(-c5ccncc5)nn5c4C(=O)NCC5)cnc3O2)cc1. The Morgan fingerprint density at radius 2 is 1.89 bits per heavy atom. The number of aromatic nitrogens is 4. The first-order valence-electron chi connectivity index (χ1n) is 12.1. The maximum Gasteiger partial charge on any atom is 0.270 e. The number of nitrogens with one attached hydrogen (secondary N) is 1. The van der Waals surface area contributed by atoms with E-state index in [9.17, 15) is 4.79 Å². The molecular formula is C28H27N5O2. The van der Waals surface area contributed by atoms with E-state index in [-0.39, 0.29) is 12.0 Å². The van der Waals surface area contributed by atoms with Crippen LogP contribution in [0.5, 0.6) is 5.88 Å². The Labute approximate surface area is 204 Å². The second kappa shape index (κ2) is 8.65. The topological polar surface area (TPSA) is 81.9 Å². The summed E-state index contributed by atoms with van der Waals surface area (Å²) in [5.74, 6) is 1.05. The highest BCUT2D eigenvalue weighted by Crippen LogP contribution is 2.39. The average Bonchev–Trinajstić information content (AvgIpc) is 3.30. The van der Waals surface area contributed by atoms with Gasteiger partial charge >= 0.3 is 0 Å². The summed E-state index contributed by atoms with van der Waals surface area (Å²) in [6.07, 6.45) is 7.00. The van der Waals surface area contributed by atoms with Crippen LogP contribution in [0.2, 0.25) is 0 Å². The Balaban J connectivity index is 1.36. The number of amides is 1. The molecule has 1 N–H and O–H groups in total. The highest BCUT2D eigenvalue weighted by Gasteiger charge is 2.30. The quantitative estimate of drug-likeness (QED) is 0.462. The van der Waals surface area contributed by atoms with Crippen LogP contribution in [0.1, 0.15) is 59.5 Å². The number of nitrogens with zero attached hydrogens (tertiary/aromatic N) is 4. The Kier molecular flexibility index (Phi) is 5.32. The minimum absolute atomic E-state index is 0.0101. The number of ether oxygens (including phenoxy) is 1. The van der Waals surface area contributed by atoms with Gasteiger partial charge in [-0.3, -0.25) is 14.5 Å². The average molecular weight is 466 g/mol. The maximum atomic E-state index is 12.8. The summed E-state index contributed by atoms with van der Waals surface area (Å²) >= 11 is 0. The molecule has 7 nitrogen and oxygen atoms in total. The van der Waals surface area contributed by atoms with Crippen LogP contribution < -0.4 is 10.1 Å². The van der Waals surface area contributed by atoms with Crippen molar-refractivity contribution in [1.82, 2.24) is 25.1 Å². The Morgan fingerprint density at radius 1 is 1.09 bits per heavy atom. The maximum absolute atomic E-state index is 12.8. The zero-order valence-corrected chi connectivity index (χ0v) is 19.9. The predicted molar refractivity (Wildman–Crippen MR) is 133 cm³/mol. The van der Waals surface area contributed by atoms with Crippen molar-refractivity contribution in [3.63, 3.8) is 0 Å². The summed E-state index contributed by atoms with van der Waals surface area (Å²) in [6, 6.07) is 14.6. The van der Waals surface area contributed by atoms with Gasteiger partial charge in [0, 0.05) is 47.4 Å². The molecule has 2 aliphatic rings. The van der Waals surface area contributed by atoms with Gasteiger partial charge in [0.15, 0.2) is 0 Å². The van der Waals surface area contributed by atoms with Crippen LogP contribution >= 0.6 is 0 Å². The normalized spacial score (nSPS) is 16.9. The fraction of sp³-hybridized carbons (Fsp3) is 0.286. The molecule has 0 saturated heterocycles. The molecular weight excluding hydrogens is 438 g/mol. The first-order chi connectivity index (χ1) is 17.1. The number of pyridine rings is 2. The molecule has 0 radical (unpaired) electrons. The molecule has 0 bridgehead atoms. The van der Waals surface area contributed by atoms with Crippen LogP contribution in [0.4, 0.5) is 0 Å². The molecule has 0 aliphatic carbocycles. The number of carbonyl (C=O) groups excluding carboxylic acids is 1. The van der Waals surface area contributed by atoms with Gasteiger partial charge < -0.3 is 10.1 Å². The molecule has 7 heteroatoms. The van der Waals surface area contributed by atoms with Crippen molar-refractivity contribution in [1.29, 1.82) is 0 Å². The van der Waals surface area contributed by atoms with Gasteiger partial charge in [0.2, 0.25) is 5.88 Å². The molecule has 0 spiro atoms. The molecule has 3 aromatic heterocycles. The molecule has 1 amide bonds. The molecule has 6 rings (SSSR count). The molecule has 5 heterocycles. The smallest absolute Gasteiger partial charge is 0.270 e.